The highest BCUT2D eigenvalue weighted by Gasteiger charge is 2.39. The number of hydrogen-bond donors (Lipinski definition) is 0. The fourth-order valence-corrected chi connectivity index (χ4v) is 9.41. The molecule has 0 fully saturated rings. The van der Waals surface area contributed by atoms with E-state index in [1.165, 1.54) is 78.0 Å². The molecule has 0 spiro atoms. The van der Waals surface area contributed by atoms with E-state index in [1.807, 2.05) is 0 Å². The van der Waals surface area contributed by atoms with E-state index in [-0.39, 0.29) is 16.5 Å². The Morgan fingerprint density at radius 1 is 0.490 bits per heavy atom. The minimum atomic E-state index is -0.101. The van der Waals surface area contributed by atoms with Crippen LogP contribution in [0.25, 0.3) is 34.1 Å². The number of aryl methyl sites for hydroxylation is 2. The van der Waals surface area contributed by atoms with Crippen molar-refractivity contribution >= 4 is 45.7 Å². The van der Waals surface area contributed by atoms with Crippen molar-refractivity contribution in [1.29, 1.82) is 0 Å². The van der Waals surface area contributed by atoms with E-state index in [0.29, 0.717) is 0 Å². The lowest BCUT2D eigenvalue weighted by molar-refractivity contribution is 0.447. The first-order valence-corrected chi connectivity index (χ1v) is 18.8. The molecular formula is C49H48N2. The lowest BCUT2D eigenvalue weighted by atomic mass is 9.81. The van der Waals surface area contributed by atoms with Gasteiger partial charge in [-0.2, -0.15) is 0 Å². The Labute approximate surface area is 304 Å². The van der Waals surface area contributed by atoms with Gasteiger partial charge in [-0.25, -0.2) is 0 Å². The molecule has 0 bridgehead atoms. The van der Waals surface area contributed by atoms with Crippen LogP contribution in [0, 0.1) is 0 Å². The van der Waals surface area contributed by atoms with E-state index in [0.717, 1.165) is 25.7 Å². The molecular weight excluding hydrogens is 617 g/mol. The number of rotatable bonds is 4. The molecule has 2 heterocycles. The molecule has 6 aromatic carbocycles. The zero-order valence-electron chi connectivity index (χ0n) is 30.9. The first kappa shape index (κ1) is 31.9. The molecule has 0 saturated heterocycles. The molecule has 0 unspecified atom stereocenters. The molecule has 0 atom stereocenters. The molecule has 0 amide bonds. The Bertz CT molecular complexity index is 2370. The predicted molar refractivity (Wildman–Crippen MR) is 219 cm³/mol. The second-order valence-corrected chi connectivity index (χ2v) is 16.8. The lowest BCUT2D eigenvalue weighted by Gasteiger charge is -2.45. The Hall–Kier alpha value is -5.08. The monoisotopic (exact) mass is 664 g/mol. The second-order valence-electron chi connectivity index (χ2n) is 16.8. The Kier molecular flexibility index (Phi) is 7.17. The van der Waals surface area contributed by atoms with E-state index in [9.17, 15) is 0 Å². The largest absolute Gasteiger partial charge is 0.336 e. The zero-order chi connectivity index (χ0) is 35.1. The number of para-hydroxylation sites is 2. The van der Waals surface area contributed by atoms with Gasteiger partial charge in [0.25, 0.3) is 0 Å². The zero-order valence-corrected chi connectivity index (χ0v) is 30.9. The van der Waals surface area contributed by atoms with Crippen LogP contribution >= 0.6 is 0 Å². The number of hydrogen-bond acceptors (Lipinski definition) is 2. The molecule has 2 heteroatoms. The normalized spacial score (nSPS) is 18.0. The van der Waals surface area contributed by atoms with Crippen molar-refractivity contribution in [3.05, 3.63) is 155 Å². The van der Waals surface area contributed by atoms with Crippen molar-refractivity contribution in [2.24, 2.45) is 0 Å². The summed E-state index contributed by atoms with van der Waals surface area (Å²) in [7, 11) is 0. The van der Waals surface area contributed by atoms with Gasteiger partial charge >= 0.3 is 0 Å². The Morgan fingerprint density at radius 3 is 1.78 bits per heavy atom. The van der Waals surface area contributed by atoms with Gasteiger partial charge in [-0.1, -0.05) is 117 Å². The minimum Gasteiger partial charge on any atom is -0.336 e. The van der Waals surface area contributed by atoms with Gasteiger partial charge in [0.1, 0.15) is 0 Å². The van der Waals surface area contributed by atoms with E-state index in [1.54, 1.807) is 0 Å². The summed E-state index contributed by atoms with van der Waals surface area (Å²) in [5, 5.41) is 2.58. The quantitative estimate of drug-likeness (QED) is 0.173. The standard InChI is InChI=1S/C49H48N2/c1-47(2)29-27-35-13-7-9-18-44(35)50(47)37-24-26-40-39-25-22-33(31-42(39)49(5,6)43(40)32-37)21-23-34-15-11-17-41-38(34)16-12-20-46(41)51-45-19-10-8-14-36(45)28-30-48(51,3)4/h7-26,31-32H,27-30H2,1-6H3. The number of nitrogens with zero attached hydrogens (tertiary/aromatic N) is 2. The maximum atomic E-state index is 2.58. The van der Waals surface area contributed by atoms with E-state index in [4.69, 9.17) is 0 Å². The maximum Gasteiger partial charge on any atom is 0.0495 e. The molecule has 1 aliphatic carbocycles. The highest BCUT2D eigenvalue weighted by molar-refractivity contribution is 6.02. The van der Waals surface area contributed by atoms with E-state index >= 15 is 0 Å². The van der Waals surface area contributed by atoms with Crippen LogP contribution in [0.3, 0.4) is 0 Å². The Balaban J connectivity index is 1.06. The average Bonchev–Trinajstić information content (AvgIpc) is 3.35. The summed E-state index contributed by atoms with van der Waals surface area (Å²) in [6, 6.07) is 45.7. The van der Waals surface area contributed by atoms with Gasteiger partial charge in [0, 0.05) is 44.6 Å². The van der Waals surface area contributed by atoms with Gasteiger partial charge in [0.05, 0.1) is 0 Å². The van der Waals surface area contributed by atoms with Crippen molar-refractivity contribution < 1.29 is 0 Å². The summed E-state index contributed by atoms with van der Waals surface area (Å²) in [4.78, 5) is 5.17. The van der Waals surface area contributed by atoms with Gasteiger partial charge in [-0.3, -0.25) is 0 Å². The van der Waals surface area contributed by atoms with Gasteiger partial charge in [0.2, 0.25) is 0 Å². The summed E-state index contributed by atoms with van der Waals surface area (Å²) < 4.78 is 0. The number of anilines is 4. The maximum absolute atomic E-state index is 2.58. The van der Waals surface area contributed by atoms with Crippen LogP contribution in [-0.2, 0) is 18.3 Å². The highest BCUT2D eigenvalue weighted by Crippen LogP contribution is 2.52. The topological polar surface area (TPSA) is 6.48 Å². The molecule has 3 aliphatic rings. The molecule has 6 aromatic rings. The fraction of sp³-hybridized carbons (Fsp3) is 0.265. The third-order valence-corrected chi connectivity index (χ3v) is 12.3. The van der Waals surface area contributed by atoms with Crippen molar-refractivity contribution in [3.8, 4) is 11.1 Å². The highest BCUT2D eigenvalue weighted by atomic mass is 15.2. The SMILES string of the molecule is CC1(C)c2cc(C=Cc3cccc4c(N5c6ccccc6CCC5(C)C)cccc34)ccc2-c2ccc(N3c4ccccc4CCC3(C)C)cc21. The predicted octanol–water partition coefficient (Wildman–Crippen LogP) is 13.0. The molecule has 2 aliphatic heterocycles. The van der Waals surface area contributed by atoms with Gasteiger partial charge < -0.3 is 9.80 Å². The third kappa shape index (κ3) is 5.06. The second kappa shape index (κ2) is 11.5. The smallest absolute Gasteiger partial charge is 0.0495 e. The molecule has 0 radical (unpaired) electrons. The summed E-state index contributed by atoms with van der Waals surface area (Å²) in [5.41, 5.74) is 16.1. The minimum absolute atomic E-state index is 0.0263. The van der Waals surface area contributed by atoms with E-state index < -0.39 is 0 Å². The van der Waals surface area contributed by atoms with Crippen molar-refractivity contribution in [2.75, 3.05) is 9.80 Å². The molecule has 0 N–H and O–H groups in total. The van der Waals surface area contributed by atoms with Crippen molar-refractivity contribution in [3.63, 3.8) is 0 Å². The van der Waals surface area contributed by atoms with Crippen LogP contribution in [0.2, 0.25) is 0 Å². The number of benzene rings is 6. The molecule has 2 nitrogen and oxygen atoms in total. The lowest BCUT2D eigenvalue weighted by Crippen LogP contribution is -2.44. The van der Waals surface area contributed by atoms with Crippen LogP contribution in [0.5, 0.6) is 0 Å². The first-order valence-electron chi connectivity index (χ1n) is 18.8. The molecule has 51 heavy (non-hydrogen) atoms. The van der Waals surface area contributed by atoms with Crippen LogP contribution in [0.15, 0.2) is 121 Å². The first-order chi connectivity index (χ1) is 24.5. The van der Waals surface area contributed by atoms with Crippen molar-refractivity contribution in [2.45, 2.75) is 83.7 Å². The van der Waals surface area contributed by atoms with Gasteiger partial charge in [-0.15, -0.1) is 0 Å². The van der Waals surface area contributed by atoms with Crippen LogP contribution in [-0.4, -0.2) is 11.1 Å². The third-order valence-electron chi connectivity index (χ3n) is 12.3. The van der Waals surface area contributed by atoms with Crippen molar-refractivity contribution in [1.82, 2.24) is 0 Å². The number of fused-ring (bicyclic) bond motifs is 6. The fourth-order valence-electron chi connectivity index (χ4n) is 9.41. The molecule has 0 saturated carbocycles. The summed E-state index contributed by atoms with van der Waals surface area (Å²) in [6.45, 7) is 14.3. The Morgan fingerprint density at radius 2 is 1.06 bits per heavy atom. The van der Waals surface area contributed by atoms with Crippen LogP contribution < -0.4 is 9.80 Å². The van der Waals surface area contributed by atoms with E-state index in [2.05, 4.69) is 185 Å². The summed E-state index contributed by atoms with van der Waals surface area (Å²) >= 11 is 0. The summed E-state index contributed by atoms with van der Waals surface area (Å²) in [6.07, 6.45) is 9.13. The summed E-state index contributed by atoms with van der Waals surface area (Å²) in [5.74, 6) is 0. The van der Waals surface area contributed by atoms with Gasteiger partial charge in [-0.05, 0) is 134 Å². The molecule has 254 valence electrons. The van der Waals surface area contributed by atoms with Crippen LogP contribution in [0.4, 0.5) is 22.7 Å². The molecule has 0 aromatic heterocycles. The van der Waals surface area contributed by atoms with Gasteiger partial charge in [0.15, 0.2) is 0 Å². The average molecular weight is 665 g/mol. The molecule has 9 rings (SSSR count). The van der Waals surface area contributed by atoms with Crippen LogP contribution in [0.1, 0.15) is 87.8 Å².